The average molecular weight is 304 g/mol. The van der Waals surface area contributed by atoms with Crippen molar-refractivity contribution in [2.45, 2.75) is 33.2 Å². The van der Waals surface area contributed by atoms with E-state index in [-0.39, 0.29) is 5.82 Å². The standard InChI is InChI=1S/C17H21FN2O2/c1-4-22-17(21)16(19)9-13-8-11(2)20(12(13)3)15-7-5-6-14(18)10-15/h5-8,10,16H,4,9,19H2,1-3H3. The van der Waals surface area contributed by atoms with Crippen molar-refractivity contribution in [3.63, 3.8) is 0 Å². The summed E-state index contributed by atoms with van der Waals surface area (Å²) in [6.07, 6.45) is 0.397. The number of halogens is 1. The molecule has 1 aromatic heterocycles. The summed E-state index contributed by atoms with van der Waals surface area (Å²) in [5.41, 5.74) is 9.51. The number of rotatable bonds is 5. The van der Waals surface area contributed by atoms with Gasteiger partial charge in [0.2, 0.25) is 0 Å². The molecule has 0 aliphatic heterocycles. The molecule has 4 nitrogen and oxygen atoms in total. The van der Waals surface area contributed by atoms with Crippen LogP contribution >= 0.6 is 0 Å². The van der Waals surface area contributed by atoms with Crippen molar-refractivity contribution in [2.24, 2.45) is 5.73 Å². The Balaban J connectivity index is 2.29. The van der Waals surface area contributed by atoms with Gasteiger partial charge in [-0.15, -0.1) is 0 Å². The summed E-state index contributed by atoms with van der Waals surface area (Å²) >= 11 is 0. The van der Waals surface area contributed by atoms with Crippen molar-refractivity contribution in [1.29, 1.82) is 0 Å². The van der Waals surface area contributed by atoms with Gasteiger partial charge in [-0.3, -0.25) is 4.79 Å². The van der Waals surface area contributed by atoms with Crippen LogP contribution in [0.25, 0.3) is 5.69 Å². The maximum Gasteiger partial charge on any atom is 0.323 e. The molecule has 5 heteroatoms. The van der Waals surface area contributed by atoms with E-state index in [1.807, 2.05) is 30.5 Å². The number of benzene rings is 1. The molecule has 2 rings (SSSR count). The van der Waals surface area contributed by atoms with Gasteiger partial charge in [0.05, 0.1) is 6.61 Å². The maximum absolute atomic E-state index is 13.4. The first-order chi connectivity index (χ1) is 10.4. The summed E-state index contributed by atoms with van der Waals surface area (Å²) in [5, 5.41) is 0. The third-order valence-corrected chi connectivity index (χ3v) is 3.63. The first-order valence-corrected chi connectivity index (χ1v) is 7.30. The molecule has 0 bridgehead atoms. The SMILES string of the molecule is CCOC(=O)C(N)Cc1cc(C)n(-c2cccc(F)c2)c1C. The van der Waals surface area contributed by atoms with Gasteiger partial charge >= 0.3 is 5.97 Å². The zero-order valence-corrected chi connectivity index (χ0v) is 13.1. The molecule has 0 spiro atoms. The number of carbonyl (C=O) groups excluding carboxylic acids is 1. The van der Waals surface area contributed by atoms with Crippen molar-refractivity contribution < 1.29 is 13.9 Å². The van der Waals surface area contributed by atoms with Gasteiger partial charge < -0.3 is 15.0 Å². The quantitative estimate of drug-likeness (QED) is 0.864. The predicted molar refractivity (Wildman–Crippen MR) is 83.5 cm³/mol. The third kappa shape index (κ3) is 3.36. The Hall–Kier alpha value is -2.14. The molecule has 2 N–H and O–H groups in total. The Morgan fingerprint density at radius 3 is 2.73 bits per heavy atom. The van der Waals surface area contributed by atoms with E-state index in [1.165, 1.54) is 12.1 Å². The van der Waals surface area contributed by atoms with Gasteiger partial charge in [-0.05, 0) is 50.6 Å². The number of aryl methyl sites for hydroxylation is 1. The van der Waals surface area contributed by atoms with E-state index >= 15 is 0 Å². The Labute approximate surface area is 129 Å². The number of nitrogens with two attached hydrogens (primary N) is 1. The highest BCUT2D eigenvalue weighted by atomic mass is 19.1. The number of carbonyl (C=O) groups is 1. The molecule has 0 aliphatic rings. The third-order valence-electron chi connectivity index (χ3n) is 3.63. The van der Waals surface area contributed by atoms with Crippen LogP contribution in [0.2, 0.25) is 0 Å². The monoisotopic (exact) mass is 304 g/mol. The molecule has 1 aromatic carbocycles. The fraction of sp³-hybridized carbons (Fsp3) is 0.353. The highest BCUT2D eigenvalue weighted by Crippen LogP contribution is 2.22. The highest BCUT2D eigenvalue weighted by molar-refractivity contribution is 5.76. The van der Waals surface area contributed by atoms with Crippen molar-refractivity contribution in [1.82, 2.24) is 4.57 Å². The Bertz CT molecular complexity index is 679. The highest BCUT2D eigenvalue weighted by Gasteiger charge is 2.19. The number of hydrogen-bond donors (Lipinski definition) is 1. The maximum atomic E-state index is 13.4. The zero-order chi connectivity index (χ0) is 16.3. The Kier molecular flexibility index (Phi) is 4.98. The van der Waals surface area contributed by atoms with Crippen LogP contribution in [0.4, 0.5) is 4.39 Å². The summed E-state index contributed by atoms with van der Waals surface area (Å²) < 4.78 is 20.3. The lowest BCUT2D eigenvalue weighted by molar-refractivity contribution is -0.144. The van der Waals surface area contributed by atoms with Crippen LogP contribution in [0.1, 0.15) is 23.9 Å². The fourth-order valence-electron chi connectivity index (χ4n) is 2.62. The average Bonchev–Trinajstić information content (AvgIpc) is 2.73. The van der Waals surface area contributed by atoms with Crippen LogP contribution < -0.4 is 5.73 Å². The summed E-state index contributed by atoms with van der Waals surface area (Å²) in [6, 6.07) is 7.69. The first kappa shape index (κ1) is 16.2. The molecule has 0 aliphatic carbocycles. The molecule has 0 saturated carbocycles. The molecular formula is C17H21FN2O2. The van der Waals surface area contributed by atoms with Crippen molar-refractivity contribution in [3.8, 4) is 5.69 Å². The Morgan fingerprint density at radius 1 is 1.36 bits per heavy atom. The molecule has 0 fully saturated rings. The van der Waals surface area contributed by atoms with Gasteiger partial charge in [-0.25, -0.2) is 4.39 Å². The van der Waals surface area contributed by atoms with Gasteiger partial charge in [-0.2, -0.15) is 0 Å². The number of aromatic nitrogens is 1. The minimum absolute atomic E-state index is 0.283. The largest absolute Gasteiger partial charge is 0.465 e. The van der Waals surface area contributed by atoms with E-state index in [0.717, 1.165) is 22.6 Å². The van der Waals surface area contributed by atoms with Crippen molar-refractivity contribution in [2.75, 3.05) is 6.61 Å². The lowest BCUT2D eigenvalue weighted by Gasteiger charge is -2.12. The molecule has 0 saturated heterocycles. The molecule has 22 heavy (non-hydrogen) atoms. The second-order valence-electron chi connectivity index (χ2n) is 5.27. The molecule has 1 atom stereocenters. The van der Waals surface area contributed by atoms with E-state index in [1.54, 1.807) is 13.0 Å². The smallest absolute Gasteiger partial charge is 0.323 e. The van der Waals surface area contributed by atoms with E-state index in [2.05, 4.69) is 0 Å². The van der Waals surface area contributed by atoms with Crippen LogP contribution in [0.5, 0.6) is 0 Å². The van der Waals surface area contributed by atoms with Gasteiger partial charge in [-0.1, -0.05) is 6.07 Å². The van der Waals surface area contributed by atoms with Crippen LogP contribution in [0.15, 0.2) is 30.3 Å². The van der Waals surface area contributed by atoms with Crippen LogP contribution in [0, 0.1) is 19.7 Å². The lowest BCUT2D eigenvalue weighted by atomic mass is 10.1. The molecule has 118 valence electrons. The summed E-state index contributed by atoms with van der Waals surface area (Å²) in [7, 11) is 0. The minimum atomic E-state index is -0.693. The summed E-state index contributed by atoms with van der Waals surface area (Å²) in [5.74, 6) is -0.687. The zero-order valence-electron chi connectivity index (χ0n) is 13.1. The molecule has 0 amide bonds. The molecular weight excluding hydrogens is 283 g/mol. The number of ether oxygens (including phenoxy) is 1. The number of hydrogen-bond acceptors (Lipinski definition) is 3. The lowest BCUT2D eigenvalue weighted by Crippen LogP contribution is -2.34. The van der Waals surface area contributed by atoms with Gasteiger partial charge in [0.1, 0.15) is 11.9 Å². The second-order valence-corrected chi connectivity index (χ2v) is 5.27. The van der Waals surface area contributed by atoms with Gasteiger partial charge in [0, 0.05) is 23.5 Å². The van der Waals surface area contributed by atoms with Crippen LogP contribution in [0.3, 0.4) is 0 Å². The number of esters is 1. The molecule has 1 heterocycles. The molecule has 0 radical (unpaired) electrons. The van der Waals surface area contributed by atoms with Crippen molar-refractivity contribution in [3.05, 3.63) is 53.1 Å². The van der Waals surface area contributed by atoms with E-state index in [9.17, 15) is 9.18 Å². The second kappa shape index (κ2) is 6.75. The van der Waals surface area contributed by atoms with Gasteiger partial charge in [0.25, 0.3) is 0 Å². The minimum Gasteiger partial charge on any atom is -0.465 e. The van der Waals surface area contributed by atoms with Crippen molar-refractivity contribution >= 4 is 5.97 Å². The topological polar surface area (TPSA) is 57.2 Å². The fourth-order valence-corrected chi connectivity index (χ4v) is 2.62. The van der Waals surface area contributed by atoms with E-state index < -0.39 is 12.0 Å². The molecule has 1 unspecified atom stereocenters. The first-order valence-electron chi connectivity index (χ1n) is 7.30. The van der Waals surface area contributed by atoms with Crippen LogP contribution in [-0.2, 0) is 16.0 Å². The Morgan fingerprint density at radius 2 is 2.09 bits per heavy atom. The predicted octanol–water partition coefficient (Wildman–Crippen LogP) is 2.67. The van der Waals surface area contributed by atoms with E-state index in [4.69, 9.17) is 10.5 Å². The van der Waals surface area contributed by atoms with E-state index in [0.29, 0.717) is 13.0 Å². The summed E-state index contributed by atoms with van der Waals surface area (Å²) in [6.45, 7) is 5.94. The normalized spacial score (nSPS) is 12.2. The van der Waals surface area contributed by atoms with Crippen LogP contribution in [-0.4, -0.2) is 23.2 Å². The number of nitrogens with zero attached hydrogens (tertiary/aromatic N) is 1. The molecule has 2 aromatic rings. The van der Waals surface area contributed by atoms with Gasteiger partial charge in [0.15, 0.2) is 0 Å². The summed E-state index contributed by atoms with van der Waals surface area (Å²) in [4.78, 5) is 11.7.